The maximum absolute atomic E-state index is 12.1. The molecule has 1 rings (SSSR count). The first-order chi connectivity index (χ1) is 6.82. The molecule has 82 valence electrons. The van der Waals surface area contributed by atoms with Gasteiger partial charge in [0.25, 0.3) is 0 Å². The lowest BCUT2D eigenvalue weighted by Crippen LogP contribution is -2.11. The molecule has 0 aromatic carbocycles. The second-order valence-electron chi connectivity index (χ2n) is 2.59. The number of hydrogen-bond acceptors (Lipinski definition) is 2. The molecule has 0 spiro atoms. The molecule has 0 aliphatic carbocycles. The van der Waals surface area contributed by atoms with E-state index in [1.165, 1.54) is 0 Å². The fraction of sp³-hybridized carbons (Fsp3) is 0.250. The van der Waals surface area contributed by atoms with Crippen LogP contribution in [0.15, 0.2) is 18.3 Å². The zero-order valence-electron chi connectivity index (χ0n) is 7.05. The molecule has 2 nitrogen and oxygen atoms in total. The quantitative estimate of drug-likeness (QED) is 0.607. The van der Waals surface area contributed by atoms with E-state index in [0.29, 0.717) is 0 Å². The van der Waals surface area contributed by atoms with E-state index < -0.39 is 15.6 Å². The van der Waals surface area contributed by atoms with E-state index in [1.54, 1.807) is 0 Å². The number of rotatable bonds is 2. The molecule has 1 aromatic rings. The number of ketones is 1. The van der Waals surface area contributed by atoms with E-state index in [2.05, 4.69) is 36.8 Å². The summed E-state index contributed by atoms with van der Waals surface area (Å²) in [7, 11) is 0. The van der Waals surface area contributed by atoms with Crippen molar-refractivity contribution in [2.75, 3.05) is 0 Å². The van der Waals surface area contributed by atoms with Crippen LogP contribution in [0.2, 0.25) is 0 Å². The summed E-state index contributed by atoms with van der Waals surface area (Å²) >= 11 is 5.90. The van der Waals surface area contributed by atoms with Crippen LogP contribution in [0.1, 0.15) is 16.1 Å². The van der Waals surface area contributed by atoms with Crippen molar-refractivity contribution in [1.29, 1.82) is 0 Å². The second kappa shape index (κ2) is 4.61. The van der Waals surface area contributed by atoms with Gasteiger partial charge in [-0.05, 0) is 12.1 Å². The summed E-state index contributed by atoms with van der Waals surface area (Å²) in [4.78, 5) is 14.5. The maximum Gasteiger partial charge on any atom is 0.433 e. The molecule has 15 heavy (non-hydrogen) atoms. The van der Waals surface area contributed by atoms with Crippen LogP contribution in [0.25, 0.3) is 0 Å². The summed E-state index contributed by atoms with van der Waals surface area (Å²) in [6, 6.07) is 1.86. The van der Waals surface area contributed by atoms with Crippen LogP contribution in [0.4, 0.5) is 13.2 Å². The summed E-state index contributed by atoms with van der Waals surface area (Å²) in [5.74, 6) is -0.378. The van der Waals surface area contributed by atoms with Crippen LogP contribution in [-0.2, 0) is 6.18 Å². The van der Waals surface area contributed by atoms with Crippen LogP contribution in [0, 0.1) is 0 Å². The topological polar surface area (TPSA) is 30.0 Å². The van der Waals surface area contributed by atoms with Crippen molar-refractivity contribution in [3.63, 3.8) is 0 Å². The van der Waals surface area contributed by atoms with Crippen molar-refractivity contribution < 1.29 is 18.0 Å². The highest BCUT2D eigenvalue weighted by Gasteiger charge is 2.32. The van der Waals surface area contributed by atoms with Crippen molar-refractivity contribution in [1.82, 2.24) is 4.98 Å². The number of aromatic nitrogens is 1. The van der Waals surface area contributed by atoms with Crippen molar-refractivity contribution in [2.45, 2.75) is 9.91 Å². The molecule has 0 saturated heterocycles. The molecule has 0 fully saturated rings. The number of alkyl halides is 5. The van der Waals surface area contributed by atoms with E-state index in [1.807, 2.05) is 0 Å². The Hall–Kier alpha value is -0.430. The standard InChI is InChI=1S/C8H4Br2F3NO/c9-7(10)6(15)4-1-2-5(14-3-4)8(11,12)13/h1-3,7H. The molecular weight excluding hydrogens is 343 g/mol. The van der Waals surface area contributed by atoms with Gasteiger partial charge in [0.05, 0.1) is 0 Å². The lowest BCUT2D eigenvalue weighted by atomic mass is 10.2. The monoisotopic (exact) mass is 345 g/mol. The van der Waals surface area contributed by atoms with Crippen LogP contribution in [0.3, 0.4) is 0 Å². The Kier molecular flexibility index (Phi) is 3.88. The normalized spacial score (nSPS) is 11.9. The Morgan fingerprint density at radius 3 is 2.27 bits per heavy atom. The third-order valence-corrected chi connectivity index (χ3v) is 2.37. The van der Waals surface area contributed by atoms with E-state index in [9.17, 15) is 18.0 Å². The number of hydrogen-bond donors (Lipinski definition) is 0. The number of halogens is 5. The van der Waals surface area contributed by atoms with E-state index in [0.717, 1.165) is 18.3 Å². The Morgan fingerprint density at radius 2 is 1.93 bits per heavy atom. The zero-order valence-corrected chi connectivity index (χ0v) is 10.2. The summed E-state index contributed by atoms with van der Waals surface area (Å²) < 4.78 is 35.7. The minimum Gasteiger partial charge on any atom is -0.292 e. The molecule has 0 aliphatic heterocycles. The smallest absolute Gasteiger partial charge is 0.292 e. The average Bonchev–Trinajstić information content (AvgIpc) is 2.15. The van der Waals surface area contributed by atoms with Gasteiger partial charge < -0.3 is 0 Å². The zero-order chi connectivity index (χ0) is 11.6. The molecule has 7 heteroatoms. The highest BCUT2D eigenvalue weighted by Crippen LogP contribution is 2.27. The third kappa shape index (κ3) is 3.27. The number of pyridine rings is 1. The second-order valence-corrected chi connectivity index (χ2v) is 5.65. The number of carbonyl (C=O) groups excluding carboxylic acids is 1. The van der Waals surface area contributed by atoms with Gasteiger partial charge in [0.2, 0.25) is 0 Å². The lowest BCUT2D eigenvalue weighted by Gasteiger charge is -2.06. The minimum absolute atomic E-state index is 0.113. The Balaban J connectivity index is 2.96. The van der Waals surface area contributed by atoms with Gasteiger partial charge in [-0.15, -0.1) is 0 Å². The molecule has 1 heterocycles. The van der Waals surface area contributed by atoms with Gasteiger partial charge in [-0.1, -0.05) is 31.9 Å². The lowest BCUT2D eigenvalue weighted by molar-refractivity contribution is -0.141. The molecular formula is C8H4Br2F3NO. The van der Waals surface area contributed by atoms with Crippen LogP contribution < -0.4 is 0 Å². The van der Waals surface area contributed by atoms with Crippen molar-refractivity contribution in [2.24, 2.45) is 0 Å². The predicted octanol–water partition coefficient (Wildman–Crippen LogP) is 3.40. The van der Waals surface area contributed by atoms with Crippen molar-refractivity contribution in [3.05, 3.63) is 29.6 Å². The first-order valence-electron chi connectivity index (χ1n) is 3.68. The van der Waals surface area contributed by atoms with Gasteiger partial charge >= 0.3 is 6.18 Å². The van der Waals surface area contributed by atoms with Crippen LogP contribution in [0.5, 0.6) is 0 Å². The molecule has 0 saturated carbocycles. The third-order valence-electron chi connectivity index (χ3n) is 1.54. The Bertz CT molecular complexity index is 361. The van der Waals surface area contributed by atoms with Crippen molar-refractivity contribution in [3.8, 4) is 0 Å². The highest BCUT2D eigenvalue weighted by atomic mass is 79.9. The molecule has 0 radical (unpaired) electrons. The van der Waals surface area contributed by atoms with Gasteiger partial charge in [0, 0.05) is 11.8 Å². The molecule has 0 atom stereocenters. The van der Waals surface area contributed by atoms with E-state index in [4.69, 9.17) is 0 Å². The summed E-state index contributed by atoms with van der Waals surface area (Å²) in [6.07, 6.45) is -3.58. The first kappa shape index (κ1) is 12.6. The van der Waals surface area contributed by atoms with Gasteiger partial charge in [-0.2, -0.15) is 13.2 Å². The average molecular weight is 347 g/mol. The molecule has 0 amide bonds. The largest absolute Gasteiger partial charge is 0.433 e. The number of carbonyl (C=O) groups is 1. The van der Waals surface area contributed by atoms with Gasteiger partial charge in [-0.3, -0.25) is 9.78 Å². The fourth-order valence-corrected chi connectivity index (χ4v) is 1.36. The Morgan fingerprint density at radius 1 is 1.33 bits per heavy atom. The molecule has 1 aromatic heterocycles. The molecule has 0 unspecified atom stereocenters. The summed E-state index contributed by atoms with van der Waals surface area (Å²) in [5.41, 5.74) is -0.901. The molecule has 0 bridgehead atoms. The van der Waals surface area contributed by atoms with Crippen molar-refractivity contribution >= 4 is 37.6 Å². The number of nitrogens with zero attached hydrogens (tertiary/aromatic N) is 1. The van der Waals surface area contributed by atoms with Gasteiger partial charge in [0.15, 0.2) is 5.78 Å². The summed E-state index contributed by atoms with van der Waals surface area (Å²) in [6.45, 7) is 0. The first-order valence-corrected chi connectivity index (χ1v) is 5.51. The summed E-state index contributed by atoms with van der Waals surface area (Å²) in [5, 5.41) is 0. The number of Topliss-reactive ketones (excluding diaryl/α,β-unsaturated/α-hetero) is 1. The van der Waals surface area contributed by atoms with E-state index in [-0.39, 0.29) is 11.3 Å². The predicted molar refractivity (Wildman–Crippen MR) is 55.2 cm³/mol. The maximum atomic E-state index is 12.1. The van der Waals surface area contributed by atoms with Crippen LogP contribution >= 0.6 is 31.9 Å². The SMILES string of the molecule is O=C(c1ccc(C(F)(F)F)nc1)C(Br)Br. The fourth-order valence-electron chi connectivity index (χ4n) is 0.833. The molecule has 0 aliphatic rings. The van der Waals surface area contributed by atoms with Gasteiger partial charge in [0.1, 0.15) is 9.43 Å². The van der Waals surface area contributed by atoms with Crippen LogP contribution in [-0.4, -0.2) is 14.5 Å². The van der Waals surface area contributed by atoms with Gasteiger partial charge in [-0.25, -0.2) is 0 Å². The minimum atomic E-state index is -4.48. The molecule has 0 N–H and O–H groups in total. The Labute approximate surface area is 100 Å². The highest BCUT2D eigenvalue weighted by molar-refractivity contribution is 9.25. The van der Waals surface area contributed by atoms with E-state index >= 15 is 0 Å².